The maximum Gasteiger partial charge on any atom is 0.156 e. The summed E-state index contributed by atoms with van der Waals surface area (Å²) in [6, 6.07) is 9.48. The highest BCUT2D eigenvalue weighted by atomic mass is 16.1. The summed E-state index contributed by atoms with van der Waals surface area (Å²) < 4.78 is 0. The first-order valence-electron chi connectivity index (χ1n) is 13.1. The molecule has 0 aliphatic heterocycles. The Balaban J connectivity index is 1.61. The lowest BCUT2D eigenvalue weighted by atomic mass is 9.51. The second-order valence-electron chi connectivity index (χ2n) is 11.3. The number of hydrogen-bond donors (Lipinski definition) is 0. The Hall–Kier alpha value is -1.89. The summed E-state index contributed by atoms with van der Waals surface area (Å²) >= 11 is 0. The van der Waals surface area contributed by atoms with Gasteiger partial charge in [-0.25, -0.2) is 0 Å². The van der Waals surface area contributed by atoms with Gasteiger partial charge in [-0.1, -0.05) is 69.5 Å². The van der Waals surface area contributed by atoms with Crippen molar-refractivity contribution in [1.29, 1.82) is 0 Å². The van der Waals surface area contributed by atoms with Crippen LogP contribution in [0.15, 0.2) is 59.7 Å². The zero-order valence-electron chi connectivity index (χ0n) is 20.3. The molecule has 2 fully saturated rings. The maximum atomic E-state index is 12.2. The van der Waals surface area contributed by atoms with Crippen LogP contribution in [0.25, 0.3) is 0 Å². The van der Waals surface area contributed by atoms with Gasteiger partial charge in [0.1, 0.15) is 0 Å². The van der Waals surface area contributed by atoms with Gasteiger partial charge in [0.05, 0.1) is 0 Å². The third-order valence-electron chi connectivity index (χ3n) is 9.78. The van der Waals surface area contributed by atoms with Crippen LogP contribution in [-0.2, 0) is 4.79 Å². The molecule has 4 aliphatic carbocycles. The number of carbonyl (C=O) groups excluding carboxylic acids is 1. The number of fused-ring (bicyclic) bond motifs is 4. The van der Waals surface area contributed by atoms with Gasteiger partial charge in [0, 0.05) is 12.3 Å². The van der Waals surface area contributed by atoms with Crippen molar-refractivity contribution >= 4 is 5.78 Å². The van der Waals surface area contributed by atoms with Crippen LogP contribution in [0.5, 0.6) is 0 Å². The Morgan fingerprint density at radius 1 is 1.12 bits per heavy atom. The van der Waals surface area contributed by atoms with E-state index in [2.05, 4.69) is 51.6 Å². The van der Waals surface area contributed by atoms with Crippen LogP contribution < -0.4 is 0 Å². The molecule has 1 aromatic carbocycles. The normalized spacial score (nSPS) is 35.0. The summed E-state index contributed by atoms with van der Waals surface area (Å²) in [5.41, 5.74) is 8.00. The van der Waals surface area contributed by atoms with Crippen molar-refractivity contribution < 1.29 is 4.79 Å². The van der Waals surface area contributed by atoms with Gasteiger partial charge in [0.15, 0.2) is 5.78 Å². The molecule has 5 rings (SSSR count). The van der Waals surface area contributed by atoms with E-state index in [0.717, 1.165) is 24.7 Å². The van der Waals surface area contributed by atoms with Gasteiger partial charge < -0.3 is 0 Å². The molecule has 0 saturated heterocycles. The topological polar surface area (TPSA) is 17.1 Å². The van der Waals surface area contributed by atoms with Crippen molar-refractivity contribution in [1.82, 2.24) is 0 Å². The molecule has 1 nitrogen and oxygen atoms in total. The lowest BCUT2D eigenvalue weighted by Gasteiger charge is -2.53. The SMILES string of the molecule is C=CC(C)c1ccc(C2CC3(C)C(CCC)CCC3C3CCC4=CC(=O)CCC4=C23)cc1. The third-order valence-corrected chi connectivity index (χ3v) is 9.78. The molecule has 6 atom stereocenters. The molecule has 1 aromatic rings. The molecule has 0 radical (unpaired) electrons. The van der Waals surface area contributed by atoms with E-state index in [1.54, 1.807) is 11.1 Å². The van der Waals surface area contributed by atoms with Crippen molar-refractivity contribution in [3.63, 3.8) is 0 Å². The monoisotopic (exact) mass is 428 g/mol. The number of carbonyl (C=O) groups is 1. The van der Waals surface area contributed by atoms with Crippen molar-refractivity contribution in [3.05, 3.63) is 70.8 Å². The van der Waals surface area contributed by atoms with E-state index in [-0.39, 0.29) is 0 Å². The van der Waals surface area contributed by atoms with E-state index in [9.17, 15) is 4.79 Å². The highest BCUT2D eigenvalue weighted by Gasteiger charge is 2.56. The van der Waals surface area contributed by atoms with Crippen LogP contribution >= 0.6 is 0 Å². The molecule has 0 bridgehead atoms. The lowest BCUT2D eigenvalue weighted by Crippen LogP contribution is -2.43. The van der Waals surface area contributed by atoms with Gasteiger partial charge in [-0.05, 0) is 96.0 Å². The Kier molecular flexibility index (Phi) is 5.81. The summed E-state index contributed by atoms with van der Waals surface area (Å²) in [5, 5.41) is 0. The predicted molar refractivity (Wildman–Crippen MR) is 134 cm³/mol. The van der Waals surface area contributed by atoms with Crippen LogP contribution in [0.4, 0.5) is 0 Å². The number of benzene rings is 1. The van der Waals surface area contributed by atoms with Crippen molar-refractivity contribution in [2.75, 3.05) is 0 Å². The first kappa shape index (κ1) is 21.9. The number of ketones is 1. The third kappa shape index (κ3) is 3.47. The molecule has 0 amide bonds. The predicted octanol–water partition coefficient (Wildman–Crippen LogP) is 8.29. The summed E-state index contributed by atoms with van der Waals surface area (Å²) in [6.07, 6.45) is 14.9. The molecule has 4 aliphatic rings. The van der Waals surface area contributed by atoms with Gasteiger partial charge in [-0.2, -0.15) is 0 Å². The van der Waals surface area contributed by atoms with E-state index < -0.39 is 0 Å². The Labute approximate surface area is 195 Å². The molecule has 0 spiro atoms. The number of rotatable bonds is 5. The second-order valence-corrected chi connectivity index (χ2v) is 11.3. The van der Waals surface area contributed by atoms with E-state index in [1.807, 2.05) is 12.2 Å². The molecule has 0 N–H and O–H groups in total. The van der Waals surface area contributed by atoms with Crippen LogP contribution in [0, 0.1) is 23.2 Å². The summed E-state index contributed by atoms with van der Waals surface area (Å²) in [5.74, 6) is 3.66. The van der Waals surface area contributed by atoms with Crippen LogP contribution in [0.3, 0.4) is 0 Å². The van der Waals surface area contributed by atoms with Crippen LogP contribution in [0.2, 0.25) is 0 Å². The van der Waals surface area contributed by atoms with E-state index >= 15 is 0 Å². The minimum Gasteiger partial charge on any atom is -0.295 e. The van der Waals surface area contributed by atoms with Crippen LogP contribution in [-0.4, -0.2) is 5.78 Å². The average molecular weight is 429 g/mol. The maximum absolute atomic E-state index is 12.2. The minimum atomic E-state index is 0.339. The zero-order chi connectivity index (χ0) is 22.5. The average Bonchev–Trinajstić information content (AvgIpc) is 3.14. The first-order chi connectivity index (χ1) is 15.5. The van der Waals surface area contributed by atoms with Crippen molar-refractivity contribution in [2.24, 2.45) is 23.2 Å². The highest BCUT2D eigenvalue weighted by Crippen LogP contribution is 2.66. The van der Waals surface area contributed by atoms with Gasteiger partial charge in [-0.15, -0.1) is 6.58 Å². The Morgan fingerprint density at radius 3 is 2.62 bits per heavy atom. The fourth-order valence-electron chi connectivity index (χ4n) is 8.05. The van der Waals surface area contributed by atoms with Gasteiger partial charge in [0.2, 0.25) is 0 Å². The molecular formula is C31H40O. The summed E-state index contributed by atoms with van der Waals surface area (Å²) in [4.78, 5) is 12.2. The smallest absolute Gasteiger partial charge is 0.156 e. The molecular weight excluding hydrogens is 388 g/mol. The van der Waals surface area contributed by atoms with E-state index in [0.29, 0.717) is 35.4 Å². The highest BCUT2D eigenvalue weighted by molar-refractivity contribution is 5.93. The fraction of sp³-hybridized carbons (Fsp3) is 0.581. The molecule has 0 aromatic heterocycles. The van der Waals surface area contributed by atoms with E-state index in [1.165, 1.54) is 55.2 Å². The molecule has 0 heterocycles. The second kappa shape index (κ2) is 8.47. The standard InChI is InChI=1S/C31H40O/c1-5-7-24-13-17-29-27-15-12-23-18-25(32)14-16-26(23)30(27)28(19-31(24,29)4)22-10-8-21(9-11-22)20(3)6-2/h6,8-11,18,20,24,27-29H,2,5,7,12-17,19H2,1,3-4H3. The largest absolute Gasteiger partial charge is 0.295 e. The van der Waals surface area contributed by atoms with Crippen LogP contribution in [0.1, 0.15) is 102 Å². The van der Waals surface area contributed by atoms with Gasteiger partial charge in [-0.3, -0.25) is 4.79 Å². The summed E-state index contributed by atoms with van der Waals surface area (Å²) in [7, 11) is 0. The quantitative estimate of drug-likeness (QED) is 0.431. The lowest BCUT2D eigenvalue weighted by molar-refractivity contribution is -0.114. The molecule has 6 unspecified atom stereocenters. The molecule has 1 heteroatoms. The van der Waals surface area contributed by atoms with Gasteiger partial charge in [0.25, 0.3) is 0 Å². The fourth-order valence-corrected chi connectivity index (χ4v) is 8.05. The Morgan fingerprint density at radius 2 is 1.91 bits per heavy atom. The van der Waals surface area contributed by atoms with Crippen molar-refractivity contribution in [3.8, 4) is 0 Å². The Bertz CT molecular complexity index is 961. The minimum absolute atomic E-state index is 0.339. The van der Waals surface area contributed by atoms with E-state index in [4.69, 9.17) is 0 Å². The summed E-state index contributed by atoms with van der Waals surface area (Å²) in [6.45, 7) is 11.2. The van der Waals surface area contributed by atoms with Gasteiger partial charge >= 0.3 is 0 Å². The number of allylic oxidation sites excluding steroid dienone is 5. The van der Waals surface area contributed by atoms with Crippen molar-refractivity contribution in [2.45, 2.75) is 90.4 Å². The number of hydrogen-bond acceptors (Lipinski definition) is 1. The first-order valence-corrected chi connectivity index (χ1v) is 13.1. The molecule has 32 heavy (non-hydrogen) atoms. The molecule has 2 saturated carbocycles. The zero-order valence-corrected chi connectivity index (χ0v) is 20.3. The molecule has 170 valence electrons.